The van der Waals surface area contributed by atoms with E-state index >= 15 is 0 Å². The Balaban J connectivity index is 2.20. The molecule has 6 heteroatoms. The lowest BCUT2D eigenvalue weighted by molar-refractivity contribution is 0.0578. The fourth-order valence-corrected chi connectivity index (χ4v) is 2.09. The largest absolute Gasteiger partial charge is 0.508 e. The Hall–Kier alpha value is -1.79. The second-order valence-electron chi connectivity index (χ2n) is 4.41. The van der Waals surface area contributed by atoms with Crippen LogP contribution in [-0.2, 0) is 0 Å². The zero-order chi connectivity index (χ0) is 13.3. The normalized spacial score (nSPS) is 23.0. The van der Waals surface area contributed by atoms with Crippen LogP contribution in [0.2, 0.25) is 0 Å². The lowest BCUT2D eigenvalue weighted by atomic mass is 10.1. The molecular weight excluding hydrogens is 236 g/mol. The highest BCUT2D eigenvalue weighted by atomic mass is 16.3. The van der Waals surface area contributed by atoms with Gasteiger partial charge in [-0.3, -0.25) is 4.79 Å². The van der Waals surface area contributed by atoms with Gasteiger partial charge in [0.1, 0.15) is 11.5 Å². The number of hydrogen-bond donors (Lipinski definition) is 4. The number of likely N-dealkylation sites (N-methyl/N-ethyl adjacent to an activating group) is 1. The molecule has 0 saturated carbocycles. The van der Waals surface area contributed by atoms with Crippen molar-refractivity contribution in [3.05, 3.63) is 23.8 Å². The molecule has 1 aromatic rings. The number of benzene rings is 1. The van der Waals surface area contributed by atoms with Gasteiger partial charge in [0.2, 0.25) is 0 Å². The Morgan fingerprint density at radius 1 is 1.39 bits per heavy atom. The molecule has 6 nitrogen and oxygen atoms in total. The second kappa shape index (κ2) is 4.83. The number of amides is 1. The van der Waals surface area contributed by atoms with E-state index in [9.17, 15) is 20.1 Å². The molecule has 0 aromatic heterocycles. The number of carbonyl (C=O) groups excluding carboxylic acids is 1. The van der Waals surface area contributed by atoms with Gasteiger partial charge in [0, 0.05) is 26.2 Å². The van der Waals surface area contributed by atoms with Crippen LogP contribution in [-0.4, -0.2) is 58.4 Å². The third kappa shape index (κ3) is 2.25. The maximum atomic E-state index is 12.2. The zero-order valence-electron chi connectivity index (χ0n) is 10.00. The first-order chi connectivity index (χ1) is 8.50. The highest BCUT2D eigenvalue weighted by Crippen LogP contribution is 2.24. The highest BCUT2D eigenvalue weighted by Gasteiger charge is 2.32. The topological polar surface area (TPSA) is 93.0 Å². The number of rotatable bonds is 2. The molecule has 1 aliphatic rings. The summed E-state index contributed by atoms with van der Waals surface area (Å²) in [5.74, 6) is -0.762. The average molecular weight is 252 g/mol. The summed E-state index contributed by atoms with van der Waals surface area (Å²) in [5.41, 5.74) is 0.106. The first-order valence-corrected chi connectivity index (χ1v) is 5.68. The van der Waals surface area contributed by atoms with E-state index in [1.807, 2.05) is 0 Å². The number of phenolic OH excluding ortho intramolecular Hbond substituents is 2. The lowest BCUT2D eigenvalue weighted by Crippen LogP contribution is -2.44. The fraction of sp³-hybridized carbons (Fsp3) is 0.417. The molecular formula is C12H16N2O4. The Kier molecular flexibility index (Phi) is 3.40. The first-order valence-electron chi connectivity index (χ1n) is 5.68. The molecule has 0 bridgehead atoms. The fourth-order valence-electron chi connectivity index (χ4n) is 2.09. The van der Waals surface area contributed by atoms with Crippen LogP contribution in [0.3, 0.4) is 0 Å². The van der Waals surface area contributed by atoms with Crippen molar-refractivity contribution >= 4 is 5.91 Å². The number of aliphatic hydroxyl groups is 1. The van der Waals surface area contributed by atoms with Gasteiger partial charge in [0.15, 0.2) is 0 Å². The Bertz CT molecular complexity index is 463. The third-order valence-electron chi connectivity index (χ3n) is 3.18. The van der Waals surface area contributed by atoms with E-state index in [0.29, 0.717) is 13.1 Å². The third-order valence-corrected chi connectivity index (χ3v) is 3.18. The number of β-amino-alcohol motifs (C(OH)–C–C–N with tert-alkyl or cyclic N) is 1. The molecule has 1 aliphatic heterocycles. The van der Waals surface area contributed by atoms with Gasteiger partial charge in [-0.25, -0.2) is 0 Å². The van der Waals surface area contributed by atoms with Crippen molar-refractivity contribution in [2.75, 3.05) is 20.1 Å². The van der Waals surface area contributed by atoms with Crippen molar-refractivity contribution in [2.45, 2.75) is 12.1 Å². The molecule has 0 unspecified atom stereocenters. The minimum Gasteiger partial charge on any atom is -0.508 e. The minimum absolute atomic E-state index is 0.103. The molecule has 0 aliphatic carbocycles. The van der Waals surface area contributed by atoms with E-state index in [1.54, 1.807) is 7.05 Å². The monoisotopic (exact) mass is 252 g/mol. The number of carbonyl (C=O) groups is 1. The van der Waals surface area contributed by atoms with Crippen LogP contribution < -0.4 is 5.32 Å². The summed E-state index contributed by atoms with van der Waals surface area (Å²) in [6.45, 7) is 0.964. The van der Waals surface area contributed by atoms with Crippen molar-refractivity contribution in [1.29, 1.82) is 0 Å². The standard InChI is InChI=1S/C12H16N2O4/c1-14(9-5-13-6-11(9)17)12(18)8-3-2-7(15)4-10(8)16/h2-4,9,11,13,15-17H,5-6H2,1H3/t9-,11-/m0/s1. The van der Waals surface area contributed by atoms with Crippen LogP contribution in [0.15, 0.2) is 18.2 Å². The predicted molar refractivity (Wildman–Crippen MR) is 64.5 cm³/mol. The maximum absolute atomic E-state index is 12.2. The molecule has 1 heterocycles. The summed E-state index contributed by atoms with van der Waals surface area (Å²) in [6, 6.07) is 3.50. The van der Waals surface area contributed by atoms with Gasteiger partial charge in [-0.1, -0.05) is 0 Å². The summed E-state index contributed by atoms with van der Waals surface area (Å²) < 4.78 is 0. The summed E-state index contributed by atoms with van der Waals surface area (Å²) in [4.78, 5) is 13.6. The molecule has 4 N–H and O–H groups in total. The van der Waals surface area contributed by atoms with Crippen LogP contribution in [0.25, 0.3) is 0 Å². The molecule has 1 amide bonds. The molecule has 1 aromatic carbocycles. The van der Waals surface area contributed by atoms with Crippen molar-refractivity contribution in [1.82, 2.24) is 10.2 Å². The van der Waals surface area contributed by atoms with E-state index in [-0.39, 0.29) is 29.0 Å². The summed E-state index contributed by atoms with van der Waals surface area (Å²) in [6.07, 6.45) is -0.613. The number of phenols is 2. The summed E-state index contributed by atoms with van der Waals surface area (Å²) in [5, 5.41) is 31.5. The molecule has 18 heavy (non-hydrogen) atoms. The van der Waals surface area contributed by atoms with Gasteiger partial charge in [-0.15, -0.1) is 0 Å². The number of hydrogen-bond acceptors (Lipinski definition) is 5. The van der Waals surface area contributed by atoms with Crippen molar-refractivity contribution in [2.24, 2.45) is 0 Å². The van der Waals surface area contributed by atoms with E-state index in [4.69, 9.17) is 0 Å². The van der Waals surface area contributed by atoms with E-state index < -0.39 is 6.10 Å². The van der Waals surface area contributed by atoms with Gasteiger partial charge >= 0.3 is 0 Å². The SMILES string of the molecule is CN(C(=O)c1ccc(O)cc1O)[C@H]1CNC[C@@H]1O. The number of aliphatic hydroxyl groups excluding tert-OH is 1. The average Bonchev–Trinajstić information content (AvgIpc) is 2.74. The molecule has 2 atom stereocenters. The Morgan fingerprint density at radius 3 is 2.67 bits per heavy atom. The smallest absolute Gasteiger partial charge is 0.257 e. The van der Waals surface area contributed by atoms with Crippen LogP contribution in [0.5, 0.6) is 11.5 Å². The van der Waals surface area contributed by atoms with E-state index in [1.165, 1.54) is 17.0 Å². The molecule has 1 fully saturated rings. The van der Waals surface area contributed by atoms with Crippen molar-refractivity contribution in [3.8, 4) is 11.5 Å². The predicted octanol–water partition coefficient (Wildman–Crippen LogP) is -0.497. The Morgan fingerprint density at radius 2 is 2.11 bits per heavy atom. The summed E-state index contributed by atoms with van der Waals surface area (Å²) in [7, 11) is 1.58. The van der Waals surface area contributed by atoms with Crippen molar-refractivity contribution in [3.63, 3.8) is 0 Å². The minimum atomic E-state index is -0.613. The quantitative estimate of drug-likeness (QED) is 0.569. The second-order valence-corrected chi connectivity index (χ2v) is 4.41. The van der Waals surface area contributed by atoms with Gasteiger partial charge < -0.3 is 25.5 Å². The Labute approximate surface area is 104 Å². The first kappa shape index (κ1) is 12.7. The van der Waals surface area contributed by atoms with Gasteiger partial charge in [-0.05, 0) is 12.1 Å². The molecule has 1 saturated heterocycles. The van der Waals surface area contributed by atoms with Crippen LogP contribution in [0.4, 0.5) is 0 Å². The number of nitrogens with one attached hydrogen (secondary N) is 1. The zero-order valence-corrected chi connectivity index (χ0v) is 10.00. The van der Waals surface area contributed by atoms with Gasteiger partial charge in [0.05, 0.1) is 17.7 Å². The molecule has 0 radical (unpaired) electrons. The van der Waals surface area contributed by atoms with Crippen LogP contribution in [0.1, 0.15) is 10.4 Å². The van der Waals surface area contributed by atoms with E-state index in [2.05, 4.69) is 5.32 Å². The number of nitrogens with zero attached hydrogens (tertiary/aromatic N) is 1. The van der Waals surface area contributed by atoms with Crippen molar-refractivity contribution < 1.29 is 20.1 Å². The molecule has 2 rings (SSSR count). The lowest BCUT2D eigenvalue weighted by Gasteiger charge is -2.26. The van der Waals surface area contributed by atoms with Crippen LogP contribution >= 0.6 is 0 Å². The van der Waals surface area contributed by atoms with Gasteiger partial charge in [0.25, 0.3) is 5.91 Å². The molecule has 98 valence electrons. The highest BCUT2D eigenvalue weighted by molar-refractivity contribution is 5.97. The maximum Gasteiger partial charge on any atom is 0.257 e. The molecule has 0 spiro atoms. The van der Waals surface area contributed by atoms with Crippen LogP contribution in [0, 0.1) is 0 Å². The van der Waals surface area contributed by atoms with Gasteiger partial charge in [-0.2, -0.15) is 0 Å². The number of aromatic hydroxyl groups is 2. The summed E-state index contributed by atoms with van der Waals surface area (Å²) >= 11 is 0. The van der Waals surface area contributed by atoms with E-state index in [0.717, 1.165) is 6.07 Å².